The number of benzene rings is 8. The fraction of sp³-hybridized carbons (Fsp3) is 0. The summed E-state index contributed by atoms with van der Waals surface area (Å²) in [6.07, 6.45) is 0. The van der Waals surface area contributed by atoms with Crippen LogP contribution < -0.4 is 0 Å². The number of hydrogen-bond acceptors (Lipinski definition) is 3. The Hall–Kier alpha value is -8.15. The molecule has 0 bridgehead atoms. The molecule has 60 heavy (non-hydrogen) atoms. The van der Waals surface area contributed by atoms with Crippen LogP contribution in [0.25, 0.3) is 111 Å². The lowest BCUT2D eigenvalue weighted by atomic mass is 9.98. The maximum Gasteiger partial charge on any atom is 0.160 e. The molecule has 4 heterocycles. The van der Waals surface area contributed by atoms with Crippen LogP contribution in [-0.2, 0) is 0 Å². The predicted molar refractivity (Wildman–Crippen MR) is 248 cm³/mol. The molecule has 12 rings (SSSR count). The van der Waals surface area contributed by atoms with Gasteiger partial charge in [-0.2, -0.15) is 0 Å². The van der Waals surface area contributed by atoms with Crippen molar-refractivity contribution in [2.24, 2.45) is 0 Å². The maximum absolute atomic E-state index is 5.43. The lowest BCUT2D eigenvalue weighted by Gasteiger charge is -2.15. The van der Waals surface area contributed by atoms with Crippen LogP contribution in [0.4, 0.5) is 0 Å². The van der Waals surface area contributed by atoms with Crippen LogP contribution in [0.3, 0.4) is 0 Å². The third-order valence-corrected chi connectivity index (χ3v) is 11.7. The smallest absolute Gasteiger partial charge is 0.160 e. The summed E-state index contributed by atoms with van der Waals surface area (Å²) in [5.74, 6) is 1.55. The molecule has 0 atom stereocenters. The van der Waals surface area contributed by atoms with Crippen molar-refractivity contribution in [2.75, 3.05) is 0 Å². The highest BCUT2D eigenvalue weighted by Gasteiger charge is 2.19. The Balaban J connectivity index is 1.07. The molecule has 0 unspecified atom stereocenters. The van der Waals surface area contributed by atoms with E-state index in [2.05, 4.69) is 185 Å². The van der Waals surface area contributed by atoms with Crippen LogP contribution in [0, 0.1) is 0 Å². The minimum atomic E-state index is 0.681. The van der Waals surface area contributed by atoms with E-state index in [-0.39, 0.29) is 0 Å². The number of fused-ring (bicyclic) bond motifs is 7. The van der Waals surface area contributed by atoms with Crippen molar-refractivity contribution in [1.82, 2.24) is 24.1 Å². The van der Waals surface area contributed by atoms with Gasteiger partial charge in [0.15, 0.2) is 5.82 Å². The Kier molecular flexibility index (Phi) is 7.78. The van der Waals surface area contributed by atoms with Gasteiger partial charge in [-0.05, 0) is 65.7 Å². The van der Waals surface area contributed by atoms with Crippen LogP contribution >= 0.6 is 0 Å². The van der Waals surface area contributed by atoms with Gasteiger partial charge >= 0.3 is 0 Å². The number of rotatable bonds is 6. The Morgan fingerprint density at radius 2 is 0.750 bits per heavy atom. The summed E-state index contributed by atoms with van der Waals surface area (Å²) in [5.41, 5.74) is 13.6. The largest absolute Gasteiger partial charge is 0.309 e. The molecule has 0 radical (unpaired) electrons. The Labute approximate surface area is 346 Å². The molecule has 12 aromatic rings. The van der Waals surface area contributed by atoms with Crippen molar-refractivity contribution < 1.29 is 0 Å². The molecular weight excluding hydrogens is 731 g/mol. The monoisotopic (exact) mass is 765 g/mol. The van der Waals surface area contributed by atoms with Gasteiger partial charge in [-0.25, -0.2) is 15.0 Å². The molecule has 280 valence electrons. The first-order valence-electron chi connectivity index (χ1n) is 20.3. The number of nitrogens with zero attached hydrogens (tertiary/aromatic N) is 5. The van der Waals surface area contributed by atoms with Crippen molar-refractivity contribution in [3.8, 4) is 56.5 Å². The third-order valence-electron chi connectivity index (χ3n) is 11.7. The average Bonchev–Trinajstić information content (AvgIpc) is 3.85. The fourth-order valence-electron chi connectivity index (χ4n) is 8.95. The molecule has 5 heteroatoms. The first-order valence-corrected chi connectivity index (χ1v) is 20.3. The van der Waals surface area contributed by atoms with Crippen LogP contribution in [0.1, 0.15) is 0 Å². The van der Waals surface area contributed by atoms with Gasteiger partial charge in [0.1, 0.15) is 5.82 Å². The molecule has 0 saturated carbocycles. The summed E-state index contributed by atoms with van der Waals surface area (Å²) >= 11 is 0. The van der Waals surface area contributed by atoms with Crippen molar-refractivity contribution in [3.63, 3.8) is 0 Å². The highest BCUT2D eigenvalue weighted by atomic mass is 15.1. The second-order valence-electron chi connectivity index (χ2n) is 15.2. The Bertz CT molecular complexity index is 3420. The van der Waals surface area contributed by atoms with E-state index in [1.807, 2.05) is 36.4 Å². The predicted octanol–water partition coefficient (Wildman–Crippen LogP) is 13.9. The van der Waals surface area contributed by atoms with Gasteiger partial charge in [0, 0.05) is 49.3 Å². The molecule has 0 aliphatic rings. The van der Waals surface area contributed by atoms with E-state index in [0.29, 0.717) is 5.82 Å². The summed E-state index contributed by atoms with van der Waals surface area (Å²) < 4.78 is 4.68. The van der Waals surface area contributed by atoms with Crippen LogP contribution in [0.2, 0.25) is 0 Å². The fourth-order valence-corrected chi connectivity index (χ4v) is 8.95. The number of hydrogen-bond donors (Lipinski definition) is 0. The zero-order valence-electron chi connectivity index (χ0n) is 32.4. The molecule has 0 aliphatic carbocycles. The van der Waals surface area contributed by atoms with E-state index in [4.69, 9.17) is 15.0 Å². The van der Waals surface area contributed by atoms with Gasteiger partial charge in [0.2, 0.25) is 0 Å². The molecule has 4 aromatic heterocycles. The zero-order valence-corrected chi connectivity index (χ0v) is 32.4. The van der Waals surface area contributed by atoms with Crippen molar-refractivity contribution in [1.29, 1.82) is 0 Å². The van der Waals surface area contributed by atoms with E-state index in [0.717, 1.165) is 72.6 Å². The third kappa shape index (κ3) is 5.52. The summed E-state index contributed by atoms with van der Waals surface area (Å²) in [6.45, 7) is 0. The highest BCUT2D eigenvalue weighted by Crippen LogP contribution is 2.39. The van der Waals surface area contributed by atoms with E-state index < -0.39 is 0 Å². The van der Waals surface area contributed by atoms with Crippen LogP contribution in [0.15, 0.2) is 212 Å². The number of para-hydroxylation sites is 4. The molecular formula is C55H35N5. The van der Waals surface area contributed by atoms with Crippen molar-refractivity contribution in [3.05, 3.63) is 212 Å². The van der Waals surface area contributed by atoms with E-state index in [1.54, 1.807) is 0 Å². The molecule has 0 fully saturated rings. The number of pyridine rings is 1. The molecule has 0 N–H and O–H groups in total. The quantitative estimate of drug-likeness (QED) is 0.169. The van der Waals surface area contributed by atoms with E-state index in [9.17, 15) is 0 Å². The molecule has 0 aliphatic heterocycles. The molecule has 5 nitrogen and oxygen atoms in total. The summed E-state index contributed by atoms with van der Waals surface area (Å²) in [6, 6.07) is 74.9. The van der Waals surface area contributed by atoms with Crippen molar-refractivity contribution >= 4 is 54.5 Å². The topological polar surface area (TPSA) is 48.5 Å². The van der Waals surface area contributed by atoms with Crippen LogP contribution in [0.5, 0.6) is 0 Å². The standard InChI is InChI=1S/C55H35N5/c1-3-15-37(16-4-1)48-35-49(38-17-5-2-6-18-38)58-55(57-48)39-29-27-36(28-30-39)45-34-54(60-52-25-13-9-21-43(52)44-22-10-14-26-53(44)60)56-47-32-31-40(33-46(45)47)59-50-23-11-7-19-41(50)42-20-8-12-24-51(42)59/h1-35H. The van der Waals surface area contributed by atoms with Gasteiger partial charge < -0.3 is 4.57 Å². The maximum atomic E-state index is 5.43. The zero-order chi connectivity index (χ0) is 39.6. The molecule has 0 spiro atoms. The average molecular weight is 766 g/mol. The lowest BCUT2D eigenvalue weighted by molar-refractivity contribution is 1.10. The first-order chi connectivity index (χ1) is 29.7. The van der Waals surface area contributed by atoms with Gasteiger partial charge in [-0.3, -0.25) is 4.57 Å². The van der Waals surface area contributed by atoms with Crippen LogP contribution in [-0.4, -0.2) is 24.1 Å². The molecule has 0 saturated heterocycles. The summed E-state index contributed by atoms with van der Waals surface area (Å²) in [4.78, 5) is 15.7. The Morgan fingerprint density at radius 3 is 1.27 bits per heavy atom. The molecule has 0 amide bonds. The van der Waals surface area contributed by atoms with Gasteiger partial charge in [-0.15, -0.1) is 0 Å². The lowest BCUT2D eigenvalue weighted by Crippen LogP contribution is -2.00. The van der Waals surface area contributed by atoms with E-state index >= 15 is 0 Å². The van der Waals surface area contributed by atoms with E-state index in [1.165, 1.54) is 32.6 Å². The second-order valence-corrected chi connectivity index (χ2v) is 15.2. The minimum absolute atomic E-state index is 0.681. The SMILES string of the molecule is c1ccc(-c2cc(-c3ccccc3)nc(-c3ccc(-c4cc(-n5c6ccccc6c6ccccc65)nc5ccc(-n6c7ccccc7c7ccccc76)cc45)cc3)n2)cc1. The normalized spacial score (nSPS) is 11.7. The second kappa shape index (κ2) is 13.8. The number of aromatic nitrogens is 5. The van der Waals surface area contributed by atoms with Gasteiger partial charge in [0.25, 0.3) is 0 Å². The highest BCUT2D eigenvalue weighted by molar-refractivity contribution is 6.11. The summed E-state index contributed by atoms with van der Waals surface area (Å²) in [5, 5.41) is 5.95. The first kappa shape index (κ1) is 33.9. The Morgan fingerprint density at radius 1 is 0.300 bits per heavy atom. The van der Waals surface area contributed by atoms with Gasteiger partial charge in [0.05, 0.1) is 39.0 Å². The minimum Gasteiger partial charge on any atom is -0.309 e. The molecule has 8 aromatic carbocycles. The van der Waals surface area contributed by atoms with Crippen molar-refractivity contribution in [2.45, 2.75) is 0 Å². The van der Waals surface area contributed by atoms with Gasteiger partial charge in [-0.1, -0.05) is 158 Å². The summed E-state index contributed by atoms with van der Waals surface area (Å²) in [7, 11) is 0.